The summed E-state index contributed by atoms with van der Waals surface area (Å²) >= 11 is 6.15. The number of hydrogen-bond acceptors (Lipinski definition) is 5. The van der Waals surface area contributed by atoms with Crippen LogP contribution in [-0.4, -0.2) is 43.2 Å². The molecule has 4 rings (SSSR count). The van der Waals surface area contributed by atoms with Crippen LogP contribution in [-0.2, 0) is 6.54 Å². The average Bonchev–Trinajstić information content (AvgIpc) is 3.10. The van der Waals surface area contributed by atoms with E-state index in [1.807, 2.05) is 37.3 Å². The van der Waals surface area contributed by atoms with Crippen molar-refractivity contribution in [1.29, 1.82) is 0 Å². The average molecular weight is 426 g/mol. The number of aromatic nitrogens is 1. The molecule has 0 spiro atoms. The van der Waals surface area contributed by atoms with E-state index in [1.54, 1.807) is 7.11 Å². The van der Waals surface area contributed by atoms with Crippen LogP contribution in [0.1, 0.15) is 22.6 Å². The third kappa shape index (κ3) is 4.18. The van der Waals surface area contributed by atoms with Crippen molar-refractivity contribution in [2.75, 3.05) is 38.2 Å². The maximum absolute atomic E-state index is 6.15. The predicted molar refractivity (Wildman–Crippen MR) is 122 cm³/mol. The molecule has 0 radical (unpaired) electrons. The fourth-order valence-corrected chi connectivity index (χ4v) is 4.17. The summed E-state index contributed by atoms with van der Waals surface area (Å²) in [6.45, 7) is 10.9. The standard InChI is InChI=1S/C24H28ClN3O2/c1-16-17(2)23(29-4)9-8-21(16)24-26-22(18(3)30-24)15-27-10-12-28(13-11-27)20-7-5-6-19(25)14-20/h5-9,14H,10-13,15H2,1-4H3. The molecule has 6 heteroatoms. The number of halogens is 1. The van der Waals surface area contributed by atoms with Crippen LogP contribution in [0, 0.1) is 20.8 Å². The first-order valence-corrected chi connectivity index (χ1v) is 10.7. The number of nitrogens with zero attached hydrogens (tertiary/aromatic N) is 3. The summed E-state index contributed by atoms with van der Waals surface area (Å²) in [5.41, 5.74) is 5.47. The van der Waals surface area contributed by atoms with Crippen LogP contribution in [0.2, 0.25) is 5.02 Å². The molecule has 1 aliphatic rings. The zero-order valence-corrected chi connectivity index (χ0v) is 18.8. The van der Waals surface area contributed by atoms with Crippen molar-refractivity contribution in [3.05, 3.63) is 64.0 Å². The molecule has 0 aliphatic carbocycles. The number of rotatable bonds is 5. The number of anilines is 1. The molecule has 158 valence electrons. The van der Waals surface area contributed by atoms with Gasteiger partial charge in [-0.25, -0.2) is 4.98 Å². The van der Waals surface area contributed by atoms with E-state index in [2.05, 4.69) is 29.7 Å². The molecule has 0 amide bonds. The number of aryl methyl sites for hydroxylation is 1. The van der Waals surface area contributed by atoms with Crippen LogP contribution in [0.4, 0.5) is 5.69 Å². The molecule has 5 nitrogen and oxygen atoms in total. The van der Waals surface area contributed by atoms with Gasteiger partial charge in [-0.15, -0.1) is 0 Å². The zero-order valence-electron chi connectivity index (χ0n) is 18.0. The Balaban J connectivity index is 1.45. The minimum atomic E-state index is 0.684. The Morgan fingerprint density at radius 1 is 1.03 bits per heavy atom. The molecular formula is C24H28ClN3O2. The fraction of sp³-hybridized carbons (Fsp3) is 0.375. The summed E-state index contributed by atoms with van der Waals surface area (Å²) in [7, 11) is 1.70. The topological polar surface area (TPSA) is 41.7 Å². The van der Waals surface area contributed by atoms with Gasteiger partial charge in [0.1, 0.15) is 11.5 Å². The van der Waals surface area contributed by atoms with Gasteiger partial charge in [0.05, 0.1) is 12.8 Å². The lowest BCUT2D eigenvalue weighted by atomic mass is 10.0. The molecule has 0 atom stereocenters. The first-order valence-electron chi connectivity index (χ1n) is 10.3. The highest BCUT2D eigenvalue weighted by Crippen LogP contribution is 2.32. The quantitative estimate of drug-likeness (QED) is 0.558. The van der Waals surface area contributed by atoms with Gasteiger partial charge in [-0.2, -0.15) is 0 Å². The van der Waals surface area contributed by atoms with Crippen LogP contribution in [0.15, 0.2) is 40.8 Å². The van der Waals surface area contributed by atoms with Crippen LogP contribution < -0.4 is 9.64 Å². The summed E-state index contributed by atoms with van der Waals surface area (Å²) in [6, 6.07) is 12.1. The maximum atomic E-state index is 6.15. The molecule has 1 saturated heterocycles. The molecule has 0 unspecified atom stereocenters. The van der Waals surface area contributed by atoms with Crippen molar-refractivity contribution in [2.24, 2.45) is 0 Å². The lowest BCUT2D eigenvalue weighted by Crippen LogP contribution is -2.46. The van der Waals surface area contributed by atoms with E-state index < -0.39 is 0 Å². The van der Waals surface area contributed by atoms with E-state index in [1.165, 1.54) is 5.69 Å². The van der Waals surface area contributed by atoms with Crippen LogP contribution in [0.5, 0.6) is 5.75 Å². The minimum absolute atomic E-state index is 0.684. The second-order valence-electron chi connectivity index (χ2n) is 7.83. The second kappa shape index (κ2) is 8.70. The highest BCUT2D eigenvalue weighted by Gasteiger charge is 2.21. The van der Waals surface area contributed by atoms with Gasteiger partial charge in [0.25, 0.3) is 0 Å². The maximum Gasteiger partial charge on any atom is 0.226 e. The van der Waals surface area contributed by atoms with Crippen molar-refractivity contribution in [3.63, 3.8) is 0 Å². The molecule has 30 heavy (non-hydrogen) atoms. The minimum Gasteiger partial charge on any atom is -0.496 e. The van der Waals surface area contributed by atoms with E-state index >= 15 is 0 Å². The van der Waals surface area contributed by atoms with E-state index in [-0.39, 0.29) is 0 Å². The highest BCUT2D eigenvalue weighted by molar-refractivity contribution is 6.30. The number of methoxy groups -OCH3 is 1. The molecule has 0 bridgehead atoms. The zero-order chi connectivity index (χ0) is 21.3. The molecule has 3 aromatic rings. The summed E-state index contributed by atoms with van der Waals surface area (Å²) in [5.74, 6) is 2.45. The summed E-state index contributed by atoms with van der Waals surface area (Å²) in [5, 5.41) is 0.782. The van der Waals surface area contributed by atoms with Crippen molar-refractivity contribution in [2.45, 2.75) is 27.3 Å². The van der Waals surface area contributed by atoms with Gasteiger partial charge in [-0.1, -0.05) is 17.7 Å². The van der Waals surface area contributed by atoms with Gasteiger partial charge < -0.3 is 14.1 Å². The fourth-order valence-electron chi connectivity index (χ4n) is 3.99. The Kier molecular flexibility index (Phi) is 6.02. The second-order valence-corrected chi connectivity index (χ2v) is 8.27. The molecule has 0 saturated carbocycles. The normalized spacial score (nSPS) is 14.9. The molecule has 1 aromatic heterocycles. The van der Waals surface area contributed by atoms with E-state index in [0.717, 1.165) is 71.6 Å². The van der Waals surface area contributed by atoms with Gasteiger partial charge in [-0.3, -0.25) is 4.90 Å². The van der Waals surface area contributed by atoms with Gasteiger partial charge in [0, 0.05) is 49.0 Å². The largest absolute Gasteiger partial charge is 0.496 e. The Labute approximate surface area is 183 Å². The monoisotopic (exact) mass is 425 g/mol. The first kappa shape index (κ1) is 20.8. The first-order chi connectivity index (χ1) is 14.5. The Hall–Kier alpha value is -2.50. The highest BCUT2D eigenvalue weighted by atomic mass is 35.5. The number of hydrogen-bond donors (Lipinski definition) is 0. The number of piperazine rings is 1. The molecule has 2 heterocycles. The third-order valence-corrected chi connectivity index (χ3v) is 6.23. The molecule has 0 N–H and O–H groups in total. The predicted octanol–water partition coefficient (Wildman–Crippen LogP) is 5.25. The van der Waals surface area contributed by atoms with Crippen LogP contribution in [0.3, 0.4) is 0 Å². The smallest absolute Gasteiger partial charge is 0.226 e. The number of benzene rings is 2. The molecule has 1 aliphatic heterocycles. The number of oxazole rings is 1. The number of ether oxygens (including phenoxy) is 1. The van der Waals surface area contributed by atoms with Crippen molar-refractivity contribution in [1.82, 2.24) is 9.88 Å². The van der Waals surface area contributed by atoms with Gasteiger partial charge in [-0.05, 0) is 62.2 Å². The van der Waals surface area contributed by atoms with Gasteiger partial charge in [0.2, 0.25) is 5.89 Å². The Morgan fingerprint density at radius 3 is 2.50 bits per heavy atom. The van der Waals surface area contributed by atoms with Crippen molar-refractivity contribution >= 4 is 17.3 Å². The van der Waals surface area contributed by atoms with Crippen LogP contribution in [0.25, 0.3) is 11.5 Å². The van der Waals surface area contributed by atoms with Gasteiger partial charge >= 0.3 is 0 Å². The molecule has 1 fully saturated rings. The van der Waals surface area contributed by atoms with Crippen molar-refractivity contribution < 1.29 is 9.15 Å². The van der Waals surface area contributed by atoms with Gasteiger partial charge in [0.15, 0.2) is 0 Å². The Bertz CT molecular complexity index is 1040. The van der Waals surface area contributed by atoms with Crippen LogP contribution >= 0.6 is 11.6 Å². The lowest BCUT2D eigenvalue weighted by molar-refractivity contribution is 0.246. The molecule has 2 aromatic carbocycles. The third-order valence-electron chi connectivity index (χ3n) is 6.00. The summed E-state index contributed by atoms with van der Waals surface area (Å²) < 4.78 is 11.5. The summed E-state index contributed by atoms with van der Waals surface area (Å²) in [4.78, 5) is 9.65. The van der Waals surface area contributed by atoms with E-state index in [0.29, 0.717) is 5.89 Å². The summed E-state index contributed by atoms with van der Waals surface area (Å²) in [6.07, 6.45) is 0. The van der Waals surface area contributed by atoms with Crippen molar-refractivity contribution in [3.8, 4) is 17.2 Å². The van der Waals surface area contributed by atoms with E-state index in [4.69, 9.17) is 25.7 Å². The lowest BCUT2D eigenvalue weighted by Gasteiger charge is -2.35. The Morgan fingerprint density at radius 2 is 1.80 bits per heavy atom. The van der Waals surface area contributed by atoms with E-state index in [9.17, 15) is 0 Å². The SMILES string of the molecule is COc1ccc(-c2nc(CN3CCN(c4cccc(Cl)c4)CC3)c(C)o2)c(C)c1C. The molecular weight excluding hydrogens is 398 g/mol.